The third-order valence-electron chi connectivity index (χ3n) is 2.79. The number of aromatic amines is 1. The molecule has 2 aromatic carbocycles. The summed E-state index contributed by atoms with van der Waals surface area (Å²) in [6.07, 6.45) is 0. The molecule has 0 aliphatic carbocycles. The summed E-state index contributed by atoms with van der Waals surface area (Å²) in [5.74, 6) is -0.838. The number of aromatic nitrogens is 2. The minimum absolute atomic E-state index is 0.327. The molecule has 0 aliphatic rings. The fourth-order valence-corrected chi connectivity index (χ4v) is 2.48. The van der Waals surface area contributed by atoms with Gasteiger partial charge in [0.25, 0.3) is 0 Å². The van der Waals surface area contributed by atoms with Crippen LogP contribution in [0.1, 0.15) is 0 Å². The smallest absolute Gasteiger partial charge is 0.182 e. The Morgan fingerprint density at radius 2 is 1.74 bits per heavy atom. The Balaban J connectivity index is 2.42. The van der Waals surface area contributed by atoms with Gasteiger partial charge in [-0.25, -0.2) is 8.78 Å². The van der Waals surface area contributed by atoms with Crippen molar-refractivity contribution < 1.29 is 8.78 Å². The van der Waals surface area contributed by atoms with Crippen molar-refractivity contribution >= 4 is 34.9 Å². The van der Waals surface area contributed by atoms with E-state index in [-0.39, 0.29) is 0 Å². The quantitative estimate of drug-likeness (QED) is 0.650. The average Bonchev–Trinajstić information content (AvgIpc) is 2.68. The molecule has 96 valence electrons. The number of benzene rings is 2. The summed E-state index contributed by atoms with van der Waals surface area (Å²) in [4.78, 5) is 2.93. The van der Waals surface area contributed by atoms with E-state index in [1.165, 1.54) is 34.9 Å². The highest BCUT2D eigenvalue weighted by atomic mass is 35.5. The molecule has 0 aliphatic heterocycles. The molecule has 0 saturated heterocycles. The highest BCUT2D eigenvalue weighted by Crippen LogP contribution is 2.26. The Morgan fingerprint density at radius 3 is 2.53 bits per heavy atom. The molecule has 6 heteroatoms. The van der Waals surface area contributed by atoms with Gasteiger partial charge < -0.3 is 4.98 Å². The summed E-state index contributed by atoms with van der Waals surface area (Å²) < 4.78 is 28.6. The summed E-state index contributed by atoms with van der Waals surface area (Å²) >= 11 is 11.2. The molecule has 1 heterocycles. The molecule has 2 nitrogen and oxygen atoms in total. The number of nitrogens with one attached hydrogen (secondary N) is 1. The number of fused-ring (bicyclic) bond motifs is 1. The van der Waals surface area contributed by atoms with Crippen LogP contribution in [0.2, 0.25) is 5.02 Å². The maximum absolute atomic E-state index is 13.4. The predicted octanol–water partition coefficient (Wildman–Crippen LogP) is 4.62. The molecule has 0 fully saturated rings. The summed E-state index contributed by atoms with van der Waals surface area (Å²) in [5.41, 5.74) is 1.55. The second-order valence-electron chi connectivity index (χ2n) is 4.02. The van der Waals surface area contributed by atoms with Gasteiger partial charge in [-0.1, -0.05) is 11.6 Å². The van der Waals surface area contributed by atoms with E-state index in [0.717, 1.165) is 0 Å². The van der Waals surface area contributed by atoms with Gasteiger partial charge in [0.2, 0.25) is 0 Å². The molecule has 0 saturated carbocycles. The topological polar surface area (TPSA) is 20.7 Å². The maximum Gasteiger partial charge on any atom is 0.182 e. The monoisotopic (exact) mass is 296 g/mol. The van der Waals surface area contributed by atoms with Crippen molar-refractivity contribution in [1.82, 2.24) is 9.55 Å². The normalized spacial score (nSPS) is 11.1. The average molecular weight is 297 g/mol. The third kappa shape index (κ3) is 2.05. The Hall–Kier alpha value is -1.72. The van der Waals surface area contributed by atoms with Crippen molar-refractivity contribution in [1.29, 1.82) is 0 Å². The minimum Gasteiger partial charge on any atom is -0.330 e. The highest BCUT2D eigenvalue weighted by molar-refractivity contribution is 7.71. The predicted molar refractivity (Wildman–Crippen MR) is 73.4 cm³/mol. The van der Waals surface area contributed by atoms with Crippen molar-refractivity contribution in [2.24, 2.45) is 0 Å². The Kier molecular flexibility index (Phi) is 2.88. The standard InChI is InChI=1S/C13H7ClF2N2S/c14-9-3-1-7(15)5-11(9)18-12-6-8(16)2-4-10(12)17-13(18)19/h1-6H,(H,17,19). The molecule has 1 aromatic heterocycles. The van der Waals surface area contributed by atoms with Crippen LogP contribution in [0.5, 0.6) is 0 Å². The van der Waals surface area contributed by atoms with E-state index in [2.05, 4.69) is 4.98 Å². The zero-order valence-electron chi connectivity index (χ0n) is 9.45. The van der Waals surface area contributed by atoms with E-state index < -0.39 is 11.6 Å². The Bertz CT molecular complexity index is 838. The van der Waals surface area contributed by atoms with Gasteiger partial charge in [-0.05, 0) is 42.5 Å². The summed E-state index contributed by atoms with van der Waals surface area (Å²) in [7, 11) is 0. The Labute approximate surface area is 117 Å². The summed E-state index contributed by atoms with van der Waals surface area (Å²) in [6, 6.07) is 8.17. The molecule has 3 aromatic rings. The molecular formula is C13H7ClF2N2S. The minimum atomic E-state index is -0.438. The van der Waals surface area contributed by atoms with Crippen LogP contribution in [0.3, 0.4) is 0 Å². The number of hydrogen-bond acceptors (Lipinski definition) is 1. The second kappa shape index (κ2) is 4.43. The zero-order valence-corrected chi connectivity index (χ0v) is 11.0. The second-order valence-corrected chi connectivity index (χ2v) is 4.82. The lowest BCUT2D eigenvalue weighted by atomic mass is 10.2. The van der Waals surface area contributed by atoms with E-state index >= 15 is 0 Å². The molecule has 0 atom stereocenters. The SMILES string of the molecule is Fc1ccc(Cl)c(-n2c(=S)[nH]c3ccc(F)cc32)c1. The fraction of sp³-hybridized carbons (Fsp3) is 0. The molecule has 0 spiro atoms. The molecular weight excluding hydrogens is 290 g/mol. The number of hydrogen-bond donors (Lipinski definition) is 1. The van der Waals surface area contributed by atoms with Crippen LogP contribution in [-0.4, -0.2) is 9.55 Å². The van der Waals surface area contributed by atoms with Crippen molar-refractivity contribution in [3.63, 3.8) is 0 Å². The van der Waals surface area contributed by atoms with Crippen LogP contribution in [0.4, 0.5) is 8.78 Å². The van der Waals surface area contributed by atoms with Gasteiger partial charge in [0.05, 0.1) is 21.7 Å². The first-order chi connectivity index (χ1) is 9.06. The van der Waals surface area contributed by atoms with Crippen LogP contribution >= 0.6 is 23.8 Å². The van der Waals surface area contributed by atoms with Gasteiger partial charge in [-0.15, -0.1) is 0 Å². The number of nitrogens with zero attached hydrogens (tertiary/aromatic N) is 1. The first-order valence-electron chi connectivity index (χ1n) is 5.42. The van der Waals surface area contributed by atoms with Crippen molar-refractivity contribution in [2.45, 2.75) is 0 Å². The van der Waals surface area contributed by atoms with Crippen LogP contribution in [-0.2, 0) is 0 Å². The molecule has 0 bridgehead atoms. The summed E-state index contributed by atoms with van der Waals surface area (Å²) in [5, 5.41) is 0.336. The fourth-order valence-electron chi connectivity index (χ4n) is 1.97. The molecule has 0 unspecified atom stereocenters. The van der Waals surface area contributed by atoms with Gasteiger partial charge in [0.1, 0.15) is 11.6 Å². The van der Waals surface area contributed by atoms with E-state index in [0.29, 0.717) is 26.5 Å². The van der Waals surface area contributed by atoms with Crippen molar-refractivity contribution in [2.75, 3.05) is 0 Å². The molecule has 3 rings (SSSR count). The van der Waals surface area contributed by atoms with Crippen molar-refractivity contribution in [3.8, 4) is 5.69 Å². The Morgan fingerprint density at radius 1 is 1.05 bits per heavy atom. The third-order valence-corrected chi connectivity index (χ3v) is 3.40. The van der Waals surface area contributed by atoms with E-state index in [1.54, 1.807) is 6.07 Å². The summed E-state index contributed by atoms with van der Waals surface area (Å²) in [6.45, 7) is 0. The van der Waals surface area contributed by atoms with Crippen LogP contribution in [0.15, 0.2) is 36.4 Å². The molecule has 0 radical (unpaired) electrons. The van der Waals surface area contributed by atoms with Gasteiger partial charge in [0.15, 0.2) is 4.77 Å². The first-order valence-corrected chi connectivity index (χ1v) is 6.20. The molecule has 1 N–H and O–H groups in total. The van der Waals surface area contributed by atoms with Crippen LogP contribution in [0, 0.1) is 16.4 Å². The zero-order chi connectivity index (χ0) is 13.6. The number of rotatable bonds is 1. The highest BCUT2D eigenvalue weighted by Gasteiger charge is 2.11. The molecule has 0 amide bonds. The number of halogens is 3. The van der Waals surface area contributed by atoms with Crippen molar-refractivity contribution in [3.05, 3.63) is 57.8 Å². The van der Waals surface area contributed by atoms with Gasteiger partial charge in [-0.3, -0.25) is 4.57 Å². The van der Waals surface area contributed by atoms with Gasteiger partial charge in [0, 0.05) is 6.07 Å². The van der Waals surface area contributed by atoms with E-state index in [9.17, 15) is 8.78 Å². The number of H-pyrrole nitrogens is 1. The van der Waals surface area contributed by atoms with Crippen LogP contribution in [0.25, 0.3) is 16.7 Å². The largest absolute Gasteiger partial charge is 0.330 e. The first kappa shape index (κ1) is 12.3. The van der Waals surface area contributed by atoms with E-state index in [1.807, 2.05) is 0 Å². The molecule has 19 heavy (non-hydrogen) atoms. The van der Waals surface area contributed by atoms with Crippen LogP contribution < -0.4 is 0 Å². The maximum atomic E-state index is 13.4. The van der Waals surface area contributed by atoms with E-state index in [4.69, 9.17) is 23.8 Å². The lowest BCUT2D eigenvalue weighted by Gasteiger charge is -2.07. The van der Waals surface area contributed by atoms with Gasteiger partial charge in [-0.2, -0.15) is 0 Å². The lowest BCUT2D eigenvalue weighted by molar-refractivity contribution is 0.626. The number of imidazole rings is 1. The lowest BCUT2D eigenvalue weighted by Crippen LogP contribution is -1.96. The van der Waals surface area contributed by atoms with Gasteiger partial charge >= 0.3 is 0 Å².